The number of ether oxygens (including phenoxy) is 1. The Kier molecular flexibility index (Phi) is 5.35. The average Bonchev–Trinajstić information content (AvgIpc) is 2.74. The Bertz CT molecular complexity index is 1090. The first-order chi connectivity index (χ1) is 14.4. The average molecular weight is 427 g/mol. The second kappa shape index (κ2) is 7.95. The van der Waals surface area contributed by atoms with E-state index in [1.807, 2.05) is 0 Å². The molecular formula is C23H20ClFN2O3. The molecule has 0 radical (unpaired) electrons. The number of benzene rings is 2. The van der Waals surface area contributed by atoms with Crippen LogP contribution in [0.15, 0.2) is 71.2 Å². The van der Waals surface area contributed by atoms with Crippen molar-refractivity contribution in [2.45, 2.75) is 25.2 Å². The normalized spacial score (nSPS) is 19.1. The molecular weight excluding hydrogens is 407 g/mol. The van der Waals surface area contributed by atoms with Crippen LogP contribution >= 0.6 is 11.6 Å². The van der Waals surface area contributed by atoms with E-state index < -0.39 is 17.7 Å². The molecule has 0 bridgehead atoms. The third-order valence-corrected chi connectivity index (χ3v) is 5.75. The maximum absolute atomic E-state index is 14.7. The molecule has 2 aromatic rings. The molecule has 0 spiro atoms. The number of ketones is 1. The molecule has 1 heterocycles. The van der Waals surface area contributed by atoms with Gasteiger partial charge in [-0.3, -0.25) is 9.69 Å². The minimum Gasteiger partial charge on any atom is -0.466 e. The summed E-state index contributed by atoms with van der Waals surface area (Å²) in [4.78, 5) is 27.4. The van der Waals surface area contributed by atoms with Gasteiger partial charge in [-0.1, -0.05) is 35.9 Å². The molecule has 0 fully saturated rings. The molecule has 1 aliphatic heterocycles. The number of carbonyl (C=O) groups is 2. The lowest BCUT2D eigenvalue weighted by atomic mass is 9.75. The molecule has 30 heavy (non-hydrogen) atoms. The molecule has 0 amide bonds. The van der Waals surface area contributed by atoms with Crippen LogP contribution in [-0.2, 0) is 14.3 Å². The van der Waals surface area contributed by atoms with Gasteiger partial charge in [0.15, 0.2) is 5.78 Å². The third-order valence-electron chi connectivity index (χ3n) is 5.49. The van der Waals surface area contributed by atoms with Crippen molar-refractivity contribution in [3.63, 3.8) is 0 Å². The van der Waals surface area contributed by atoms with Crippen molar-refractivity contribution in [1.29, 1.82) is 0 Å². The largest absolute Gasteiger partial charge is 0.466 e. The van der Waals surface area contributed by atoms with Crippen LogP contribution < -0.4 is 10.6 Å². The number of rotatable bonds is 3. The Balaban J connectivity index is 2.02. The summed E-state index contributed by atoms with van der Waals surface area (Å²) in [6, 6.07) is 13.0. The fourth-order valence-electron chi connectivity index (χ4n) is 4.19. The summed E-state index contributed by atoms with van der Waals surface area (Å²) < 4.78 is 19.7. The molecule has 1 atom stereocenters. The minimum absolute atomic E-state index is 0.0559. The van der Waals surface area contributed by atoms with Crippen LogP contribution in [-0.4, -0.2) is 18.9 Å². The number of para-hydroxylation sites is 1. The summed E-state index contributed by atoms with van der Waals surface area (Å²) in [6.45, 7) is 0. The Morgan fingerprint density at radius 1 is 1.17 bits per heavy atom. The number of allylic oxidation sites excluding steroid dienone is 2. The monoisotopic (exact) mass is 426 g/mol. The van der Waals surface area contributed by atoms with Crippen molar-refractivity contribution in [3.8, 4) is 0 Å². The van der Waals surface area contributed by atoms with Crippen LogP contribution in [0.1, 0.15) is 30.7 Å². The van der Waals surface area contributed by atoms with Crippen LogP contribution in [0.3, 0.4) is 0 Å². The number of methoxy groups -OCH3 is 1. The molecule has 2 aromatic carbocycles. The number of Topliss-reactive ketones (excluding diaryl/α,β-unsaturated/α-hetero) is 1. The second-order valence-corrected chi connectivity index (χ2v) is 7.64. The second-order valence-electron chi connectivity index (χ2n) is 7.20. The SMILES string of the molecule is COC(=O)C1=C(N)N(c2ccccc2F)C2=C(C(=O)CCC2)[C@@H]1c1ccc(Cl)cc1. The van der Waals surface area contributed by atoms with Gasteiger partial charge >= 0.3 is 5.97 Å². The van der Waals surface area contributed by atoms with Gasteiger partial charge in [-0.25, -0.2) is 9.18 Å². The standard InChI is InChI=1S/C23H20ClFN2O3/c1-30-23(29)21-19(13-9-11-14(24)12-10-13)20-17(7-4-8-18(20)28)27(22(21)26)16-6-3-2-5-15(16)25/h2-3,5-6,9-12,19H,4,7-8,26H2,1H3/t19-/m0/s1. The molecule has 5 nitrogen and oxygen atoms in total. The van der Waals surface area contributed by atoms with Gasteiger partial charge in [-0.2, -0.15) is 0 Å². The lowest BCUT2D eigenvalue weighted by Crippen LogP contribution is -2.41. The van der Waals surface area contributed by atoms with Crippen LogP contribution in [0, 0.1) is 5.82 Å². The third kappa shape index (κ3) is 3.27. The lowest BCUT2D eigenvalue weighted by molar-refractivity contribution is -0.136. The van der Waals surface area contributed by atoms with Gasteiger partial charge in [-0.15, -0.1) is 0 Å². The summed E-state index contributed by atoms with van der Waals surface area (Å²) in [5.74, 6) is -1.91. The Morgan fingerprint density at radius 2 is 1.87 bits per heavy atom. The van der Waals surface area contributed by atoms with E-state index in [0.717, 1.165) is 0 Å². The van der Waals surface area contributed by atoms with E-state index in [2.05, 4.69) is 0 Å². The van der Waals surface area contributed by atoms with E-state index in [1.165, 1.54) is 18.1 Å². The number of hydrogen-bond donors (Lipinski definition) is 1. The van der Waals surface area contributed by atoms with Gasteiger partial charge < -0.3 is 10.5 Å². The van der Waals surface area contributed by atoms with E-state index in [-0.39, 0.29) is 22.9 Å². The topological polar surface area (TPSA) is 72.6 Å². The van der Waals surface area contributed by atoms with Gasteiger partial charge in [0.1, 0.15) is 11.6 Å². The van der Waals surface area contributed by atoms with Gasteiger partial charge in [-0.05, 0) is 42.7 Å². The highest BCUT2D eigenvalue weighted by Gasteiger charge is 2.43. The Labute approximate surface area is 178 Å². The van der Waals surface area contributed by atoms with Gasteiger partial charge in [0.05, 0.1) is 24.3 Å². The maximum atomic E-state index is 14.7. The van der Waals surface area contributed by atoms with E-state index in [1.54, 1.807) is 42.5 Å². The first-order valence-electron chi connectivity index (χ1n) is 9.58. The van der Waals surface area contributed by atoms with Crippen molar-refractivity contribution < 1.29 is 18.7 Å². The number of hydrogen-bond acceptors (Lipinski definition) is 5. The number of esters is 1. The van der Waals surface area contributed by atoms with Crippen LogP contribution in [0.5, 0.6) is 0 Å². The first kappa shape index (κ1) is 20.2. The molecule has 4 rings (SSSR count). The van der Waals surface area contributed by atoms with Gasteiger partial charge in [0, 0.05) is 22.7 Å². The highest BCUT2D eigenvalue weighted by atomic mass is 35.5. The van der Waals surface area contributed by atoms with E-state index in [9.17, 15) is 14.0 Å². The highest BCUT2D eigenvalue weighted by Crippen LogP contribution is 2.47. The van der Waals surface area contributed by atoms with Gasteiger partial charge in [0.25, 0.3) is 0 Å². The van der Waals surface area contributed by atoms with Crippen LogP contribution in [0.4, 0.5) is 10.1 Å². The van der Waals surface area contributed by atoms with Crippen LogP contribution in [0.25, 0.3) is 0 Å². The Hall–Kier alpha value is -3.12. The molecule has 0 aromatic heterocycles. The number of halogens is 2. The summed E-state index contributed by atoms with van der Waals surface area (Å²) in [5, 5.41) is 0.531. The molecule has 0 unspecified atom stereocenters. The highest BCUT2D eigenvalue weighted by molar-refractivity contribution is 6.30. The van der Waals surface area contributed by atoms with Crippen molar-refractivity contribution in [1.82, 2.24) is 0 Å². The molecule has 154 valence electrons. The zero-order valence-electron chi connectivity index (χ0n) is 16.3. The number of carbonyl (C=O) groups excluding carboxylic acids is 2. The van der Waals surface area contributed by atoms with Crippen molar-refractivity contribution in [2.75, 3.05) is 12.0 Å². The maximum Gasteiger partial charge on any atom is 0.338 e. The lowest BCUT2D eigenvalue weighted by Gasteiger charge is -2.40. The molecule has 2 N–H and O–H groups in total. The van der Waals surface area contributed by atoms with Crippen molar-refractivity contribution in [3.05, 3.63) is 87.6 Å². The molecule has 1 aliphatic carbocycles. The fourth-order valence-corrected chi connectivity index (χ4v) is 4.32. The minimum atomic E-state index is -0.708. The van der Waals surface area contributed by atoms with Crippen LogP contribution in [0.2, 0.25) is 5.02 Å². The zero-order valence-corrected chi connectivity index (χ0v) is 17.1. The van der Waals surface area contributed by atoms with E-state index in [4.69, 9.17) is 22.1 Å². The summed E-state index contributed by atoms with van der Waals surface area (Å²) in [7, 11) is 1.25. The predicted molar refractivity (Wildman–Crippen MR) is 112 cm³/mol. The Morgan fingerprint density at radius 3 is 2.53 bits per heavy atom. The number of nitrogens with two attached hydrogens (primary N) is 1. The summed E-state index contributed by atoms with van der Waals surface area (Å²) in [5.41, 5.74) is 8.53. The predicted octanol–water partition coefficient (Wildman–Crippen LogP) is 4.43. The molecule has 2 aliphatic rings. The van der Waals surface area contributed by atoms with Crippen molar-refractivity contribution >= 4 is 29.0 Å². The summed E-state index contributed by atoms with van der Waals surface area (Å²) >= 11 is 6.03. The number of anilines is 1. The van der Waals surface area contributed by atoms with Crippen molar-refractivity contribution in [2.24, 2.45) is 5.73 Å². The fraction of sp³-hybridized carbons (Fsp3) is 0.217. The smallest absolute Gasteiger partial charge is 0.338 e. The zero-order chi connectivity index (χ0) is 21.4. The molecule has 0 saturated carbocycles. The first-order valence-corrected chi connectivity index (χ1v) is 9.96. The molecule has 7 heteroatoms. The number of nitrogens with zero attached hydrogens (tertiary/aromatic N) is 1. The van der Waals surface area contributed by atoms with E-state index >= 15 is 0 Å². The van der Waals surface area contributed by atoms with Gasteiger partial charge in [0.2, 0.25) is 0 Å². The van der Waals surface area contributed by atoms with E-state index in [0.29, 0.717) is 41.1 Å². The summed E-state index contributed by atoms with van der Waals surface area (Å²) in [6.07, 6.45) is 1.51. The quantitative estimate of drug-likeness (QED) is 0.735. The molecule has 0 saturated heterocycles.